The van der Waals surface area contributed by atoms with Crippen molar-refractivity contribution in [2.45, 2.75) is 12.8 Å². The van der Waals surface area contributed by atoms with Crippen molar-refractivity contribution in [3.63, 3.8) is 0 Å². The van der Waals surface area contributed by atoms with Gasteiger partial charge in [0.2, 0.25) is 0 Å². The van der Waals surface area contributed by atoms with Gasteiger partial charge in [0.05, 0.1) is 18.1 Å². The summed E-state index contributed by atoms with van der Waals surface area (Å²) in [5.41, 5.74) is 1.07. The molecule has 0 atom stereocenters. The van der Waals surface area contributed by atoms with Crippen LogP contribution in [0.4, 0.5) is 5.69 Å². The first-order chi connectivity index (χ1) is 10.7. The Labute approximate surface area is 132 Å². The number of benzene rings is 1. The van der Waals surface area contributed by atoms with Crippen LogP contribution in [-0.4, -0.2) is 18.5 Å². The van der Waals surface area contributed by atoms with E-state index < -0.39 is 11.9 Å². The van der Waals surface area contributed by atoms with Crippen molar-refractivity contribution < 1.29 is 14.3 Å². The van der Waals surface area contributed by atoms with E-state index in [1.54, 1.807) is 35.6 Å². The average molecular weight is 314 g/mol. The minimum absolute atomic E-state index is 0.255. The van der Waals surface area contributed by atoms with Crippen molar-refractivity contribution >= 4 is 28.9 Å². The smallest absolute Gasteiger partial charge is 0.306 e. The summed E-state index contributed by atoms with van der Waals surface area (Å²) >= 11 is 1.58. The summed E-state index contributed by atoms with van der Waals surface area (Å²) < 4.78 is 4.92. The maximum Gasteiger partial charge on any atom is 0.306 e. The molecule has 0 unspecified atom stereocenters. The summed E-state index contributed by atoms with van der Waals surface area (Å²) in [7, 11) is 0. The van der Waals surface area contributed by atoms with Gasteiger partial charge in [-0.1, -0.05) is 6.07 Å². The number of carbonyl (C=O) groups is 2. The summed E-state index contributed by atoms with van der Waals surface area (Å²) in [5.74, 6) is -0.808. The Kier molecular flexibility index (Phi) is 5.69. The lowest BCUT2D eigenvalue weighted by atomic mass is 10.2. The number of nitrogens with zero attached hydrogens (tertiary/aromatic N) is 1. The lowest BCUT2D eigenvalue weighted by molar-refractivity contribution is -0.147. The standard InChI is InChI=1S/C16H14N2O3S/c17-10-12-3-5-13(6-4-12)18-15(19)11-21-16(20)8-7-14-2-1-9-22-14/h1-6,9H,7-8,11H2,(H,18,19). The van der Waals surface area contributed by atoms with Crippen molar-refractivity contribution in [3.8, 4) is 6.07 Å². The molecule has 2 rings (SSSR count). The van der Waals surface area contributed by atoms with Crippen LogP contribution in [0.15, 0.2) is 41.8 Å². The lowest BCUT2D eigenvalue weighted by Crippen LogP contribution is -2.21. The number of hydrogen-bond donors (Lipinski definition) is 1. The molecule has 6 heteroatoms. The summed E-state index contributed by atoms with van der Waals surface area (Å²) in [6.45, 7) is -0.316. The van der Waals surface area contributed by atoms with Crippen LogP contribution in [0.3, 0.4) is 0 Å². The number of nitriles is 1. The third-order valence-corrected chi connectivity index (χ3v) is 3.75. The number of aryl methyl sites for hydroxylation is 1. The normalized spacial score (nSPS) is 9.77. The fourth-order valence-electron chi connectivity index (χ4n) is 1.72. The number of esters is 1. The number of nitrogens with one attached hydrogen (secondary N) is 1. The molecular weight excluding hydrogens is 300 g/mol. The molecule has 0 saturated heterocycles. The molecule has 0 aliphatic heterocycles. The van der Waals surface area contributed by atoms with Gasteiger partial charge < -0.3 is 10.1 Å². The Morgan fingerprint density at radius 2 is 2.00 bits per heavy atom. The molecule has 2 aromatic rings. The largest absolute Gasteiger partial charge is 0.456 e. The highest BCUT2D eigenvalue weighted by atomic mass is 32.1. The molecule has 1 N–H and O–H groups in total. The first-order valence-electron chi connectivity index (χ1n) is 6.65. The number of carbonyl (C=O) groups excluding carboxylic acids is 2. The molecule has 0 bridgehead atoms. The minimum Gasteiger partial charge on any atom is -0.456 e. The van der Waals surface area contributed by atoms with Gasteiger partial charge in [-0.2, -0.15) is 5.26 Å². The quantitative estimate of drug-likeness (QED) is 0.831. The van der Waals surface area contributed by atoms with Gasteiger partial charge in [-0.05, 0) is 42.1 Å². The van der Waals surface area contributed by atoms with Crippen LogP contribution in [0, 0.1) is 11.3 Å². The summed E-state index contributed by atoms with van der Waals surface area (Å²) in [5, 5.41) is 13.2. The highest BCUT2D eigenvalue weighted by molar-refractivity contribution is 7.09. The van der Waals surface area contributed by atoms with Crippen LogP contribution < -0.4 is 5.32 Å². The van der Waals surface area contributed by atoms with E-state index >= 15 is 0 Å². The Morgan fingerprint density at radius 1 is 1.23 bits per heavy atom. The molecule has 0 aliphatic rings. The monoisotopic (exact) mass is 314 g/mol. The average Bonchev–Trinajstić information content (AvgIpc) is 3.05. The number of rotatable bonds is 6. The van der Waals surface area contributed by atoms with Crippen molar-refractivity contribution in [3.05, 3.63) is 52.2 Å². The Morgan fingerprint density at radius 3 is 2.64 bits per heavy atom. The molecule has 22 heavy (non-hydrogen) atoms. The Balaban J connectivity index is 1.70. The SMILES string of the molecule is N#Cc1ccc(NC(=O)COC(=O)CCc2cccs2)cc1. The maximum absolute atomic E-state index is 11.7. The molecular formula is C16H14N2O3S. The zero-order valence-electron chi connectivity index (χ0n) is 11.7. The summed E-state index contributed by atoms with van der Waals surface area (Å²) in [4.78, 5) is 24.3. The zero-order valence-corrected chi connectivity index (χ0v) is 12.6. The van der Waals surface area contributed by atoms with Gasteiger partial charge in [-0.3, -0.25) is 9.59 Å². The van der Waals surface area contributed by atoms with Crippen molar-refractivity contribution in [1.82, 2.24) is 0 Å². The Bertz CT molecular complexity index is 672. The second kappa shape index (κ2) is 7.96. The Hall–Kier alpha value is -2.65. The molecule has 0 spiro atoms. The fourth-order valence-corrected chi connectivity index (χ4v) is 2.43. The maximum atomic E-state index is 11.7. The molecule has 1 heterocycles. The van der Waals surface area contributed by atoms with Crippen LogP contribution in [0.1, 0.15) is 16.9 Å². The molecule has 1 aromatic carbocycles. The second-order valence-electron chi connectivity index (χ2n) is 4.48. The number of ether oxygens (including phenoxy) is 1. The van der Waals surface area contributed by atoms with E-state index in [4.69, 9.17) is 10.00 Å². The zero-order chi connectivity index (χ0) is 15.8. The number of amides is 1. The number of hydrogen-bond acceptors (Lipinski definition) is 5. The van der Waals surface area contributed by atoms with Gasteiger partial charge in [0.15, 0.2) is 6.61 Å². The van der Waals surface area contributed by atoms with Crippen molar-refractivity contribution in [1.29, 1.82) is 5.26 Å². The fraction of sp³-hybridized carbons (Fsp3) is 0.188. The van der Waals surface area contributed by atoms with Crippen molar-refractivity contribution in [2.24, 2.45) is 0 Å². The molecule has 0 radical (unpaired) electrons. The van der Waals surface area contributed by atoms with Crippen LogP contribution in [0.2, 0.25) is 0 Å². The summed E-state index contributed by atoms with van der Waals surface area (Å²) in [6.07, 6.45) is 0.873. The van der Waals surface area contributed by atoms with E-state index in [0.717, 1.165) is 4.88 Å². The third kappa shape index (κ3) is 5.04. The highest BCUT2D eigenvalue weighted by Gasteiger charge is 2.08. The highest BCUT2D eigenvalue weighted by Crippen LogP contribution is 2.11. The van der Waals surface area contributed by atoms with E-state index in [2.05, 4.69) is 5.32 Å². The van der Waals surface area contributed by atoms with E-state index in [0.29, 0.717) is 17.7 Å². The van der Waals surface area contributed by atoms with E-state index in [9.17, 15) is 9.59 Å². The molecule has 5 nitrogen and oxygen atoms in total. The number of thiophene rings is 1. The third-order valence-electron chi connectivity index (χ3n) is 2.82. The molecule has 112 valence electrons. The van der Waals surface area contributed by atoms with Gasteiger partial charge in [0.25, 0.3) is 5.91 Å². The van der Waals surface area contributed by atoms with Crippen molar-refractivity contribution in [2.75, 3.05) is 11.9 Å². The second-order valence-corrected chi connectivity index (χ2v) is 5.51. The van der Waals surface area contributed by atoms with Crippen LogP contribution in [0.25, 0.3) is 0 Å². The van der Waals surface area contributed by atoms with Gasteiger partial charge in [-0.15, -0.1) is 11.3 Å². The van der Waals surface area contributed by atoms with E-state index in [1.807, 2.05) is 23.6 Å². The van der Waals surface area contributed by atoms with Gasteiger partial charge in [0, 0.05) is 10.6 Å². The van der Waals surface area contributed by atoms with Gasteiger partial charge in [0.1, 0.15) is 0 Å². The summed E-state index contributed by atoms with van der Waals surface area (Å²) in [6, 6.07) is 12.3. The van der Waals surface area contributed by atoms with Gasteiger partial charge in [-0.25, -0.2) is 0 Å². The first-order valence-corrected chi connectivity index (χ1v) is 7.53. The van der Waals surface area contributed by atoms with Gasteiger partial charge >= 0.3 is 5.97 Å². The lowest BCUT2D eigenvalue weighted by Gasteiger charge is -2.06. The molecule has 0 saturated carbocycles. The van der Waals surface area contributed by atoms with Crippen LogP contribution in [0.5, 0.6) is 0 Å². The van der Waals surface area contributed by atoms with Crippen LogP contribution >= 0.6 is 11.3 Å². The minimum atomic E-state index is -0.408. The van der Waals surface area contributed by atoms with E-state index in [1.165, 1.54) is 0 Å². The number of anilines is 1. The van der Waals surface area contributed by atoms with E-state index in [-0.39, 0.29) is 13.0 Å². The predicted molar refractivity (Wildman–Crippen MR) is 83.4 cm³/mol. The molecule has 1 aromatic heterocycles. The topological polar surface area (TPSA) is 79.2 Å². The molecule has 1 amide bonds. The molecule has 0 fully saturated rings. The predicted octanol–water partition coefficient (Wildman–Crippen LogP) is 2.73. The first kappa shape index (κ1) is 15.7. The molecule has 0 aliphatic carbocycles. The van der Waals surface area contributed by atoms with Crippen LogP contribution in [-0.2, 0) is 20.7 Å².